The number of rotatable bonds is 4. The Labute approximate surface area is 117 Å². The molecule has 106 valence electrons. The van der Waals surface area contributed by atoms with E-state index in [0.717, 1.165) is 23.3 Å². The zero-order valence-corrected chi connectivity index (χ0v) is 11.7. The van der Waals surface area contributed by atoms with Crippen LogP contribution in [-0.4, -0.2) is 14.2 Å². The van der Waals surface area contributed by atoms with E-state index in [1.165, 1.54) is 6.07 Å². The molecule has 0 aliphatic heterocycles. The van der Waals surface area contributed by atoms with Crippen molar-refractivity contribution in [3.8, 4) is 5.75 Å². The molecule has 0 fully saturated rings. The van der Waals surface area contributed by atoms with E-state index in [-0.39, 0.29) is 5.56 Å². The summed E-state index contributed by atoms with van der Waals surface area (Å²) in [5, 5.41) is 3.02. The van der Waals surface area contributed by atoms with E-state index in [0.29, 0.717) is 5.75 Å². The predicted octanol–water partition coefficient (Wildman–Crippen LogP) is 3.59. The molecule has 1 N–H and O–H groups in total. The van der Waals surface area contributed by atoms with Crippen molar-refractivity contribution >= 4 is 0 Å². The number of aryl methyl sites for hydroxylation is 1. The molecule has 1 atom stereocenters. The number of ether oxygens (including phenoxy) is 1. The zero-order valence-electron chi connectivity index (χ0n) is 11.7. The topological polar surface area (TPSA) is 21.3 Å². The Balaban J connectivity index is 2.57. The van der Waals surface area contributed by atoms with Gasteiger partial charge < -0.3 is 10.1 Å². The normalized spacial score (nSPS) is 12.2. The lowest BCUT2D eigenvalue weighted by Gasteiger charge is -2.21. The molecule has 4 heteroatoms. The summed E-state index contributed by atoms with van der Waals surface area (Å²) in [6.07, 6.45) is 0. The highest BCUT2D eigenvalue weighted by Crippen LogP contribution is 2.32. The Morgan fingerprint density at radius 2 is 1.80 bits per heavy atom. The third-order valence-electron chi connectivity index (χ3n) is 3.25. The minimum Gasteiger partial charge on any atom is -0.496 e. The first-order chi connectivity index (χ1) is 9.56. The van der Waals surface area contributed by atoms with Gasteiger partial charge in [0, 0.05) is 11.1 Å². The Hall–Kier alpha value is -1.94. The van der Waals surface area contributed by atoms with E-state index in [1.54, 1.807) is 14.2 Å². The highest BCUT2D eigenvalue weighted by molar-refractivity contribution is 5.44. The van der Waals surface area contributed by atoms with Crippen LogP contribution in [0.15, 0.2) is 36.4 Å². The van der Waals surface area contributed by atoms with Gasteiger partial charge in [-0.05, 0) is 38.2 Å². The SMILES string of the molecule is CNC(c1cc(F)ccc1F)c1cc(C)ccc1OC. The van der Waals surface area contributed by atoms with Crippen LogP contribution >= 0.6 is 0 Å². The van der Waals surface area contributed by atoms with Crippen LogP contribution in [0.5, 0.6) is 5.75 Å². The first-order valence-corrected chi connectivity index (χ1v) is 6.33. The molecule has 0 aromatic heterocycles. The highest BCUT2D eigenvalue weighted by atomic mass is 19.1. The summed E-state index contributed by atoms with van der Waals surface area (Å²) in [4.78, 5) is 0. The van der Waals surface area contributed by atoms with Crippen molar-refractivity contribution in [3.05, 3.63) is 64.7 Å². The first kappa shape index (κ1) is 14.5. The maximum Gasteiger partial charge on any atom is 0.128 e. The van der Waals surface area contributed by atoms with E-state index in [9.17, 15) is 8.78 Å². The second kappa shape index (κ2) is 6.01. The molecule has 0 bridgehead atoms. The summed E-state index contributed by atoms with van der Waals surface area (Å²) in [5.74, 6) is -0.277. The Morgan fingerprint density at radius 1 is 1.05 bits per heavy atom. The van der Waals surface area contributed by atoms with E-state index < -0.39 is 17.7 Å². The molecule has 2 aromatic rings. The minimum absolute atomic E-state index is 0.261. The quantitative estimate of drug-likeness (QED) is 0.922. The Kier molecular flexibility index (Phi) is 4.35. The summed E-state index contributed by atoms with van der Waals surface area (Å²) in [5.41, 5.74) is 2.06. The number of hydrogen-bond donors (Lipinski definition) is 1. The molecule has 0 saturated heterocycles. The second-order valence-electron chi connectivity index (χ2n) is 4.63. The van der Waals surface area contributed by atoms with E-state index in [2.05, 4.69) is 5.32 Å². The third kappa shape index (κ3) is 2.80. The van der Waals surface area contributed by atoms with Crippen molar-refractivity contribution in [2.24, 2.45) is 0 Å². The summed E-state index contributed by atoms with van der Waals surface area (Å²) < 4.78 is 32.7. The average Bonchev–Trinajstić information content (AvgIpc) is 2.44. The average molecular weight is 277 g/mol. The van der Waals surface area contributed by atoms with E-state index >= 15 is 0 Å². The van der Waals surface area contributed by atoms with Gasteiger partial charge in [0.1, 0.15) is 17.4 Å². The monoisotopic (exact) mass is 277 g/mol. The van der Waals surface area contributed by atoms with Gasteiger partial charge in [-0.1, -0.05) is 17.7 Å². The minimum atomic E-state index is -0.472. The fourth-order valence-corrected chi connectivity index (χ4v) is 2.29. The summed E-state index contributed by atoms with van der Waals surface area (Å²) in [6.45, 7) is 1.94. The Bertz CT molecular complexity index is 613. The van der Waals surface area contributed by atoms with Crippen LogP contribution < -0.4 is 10.1 Å². The van der Waals surface area contributed by atoms with Gasteiger partial charge in [-0.25, -0.2) is 8.78 Å². The molecule has 0 aliphatic carbocycles. The summed E-state index contributed by atoms with van der Waals surface area (Å²) in [6, 6.07) is 8.63. The molecule has 2 nitrogen and oxygen atoms in total. The zero-order chi connectivity index (χ0) is 14.7. The fourth-order valence-electron chi connectivity index (χ4n) is 2.29. The van der Waals surface area contributed by atoms with Crippen LogP contribution in [0, 0.1) is 18.6 Å². The van der Waals surface area contributed by atoms with E-state index in [4.69, 9.17) is 4.74 Å². The van der Waals surface area contributed by atoms with Gasteiger partial charge in [-0.2, -0.15) is 0 Å². The highest BCUT2D eigenvalue weighted by Gasteiger charge is 2.20. The summed E-state index contributed by atoms with van der Waals surface area (Å²) >= 11 is 0. The van der Waals surface area contributed by atoms with E-state index in [1.807, 2.05) is 25.1 Å². The molecule has 0 heterocycles. The second-order valence-corrected chi connectivity index (χ2v) is 4.63. The van der Waals surface area contributed by atoms with Crippen LogP contribution in [-0.2, 0) is 0 Å². The van der Waals surface area contributed by atoms with Crippen LogP contribution in [0.2, 0.25) is 0 Å². The van der Waals surface area contributed by atoms with Gasteiger partial charge in [0.25, 0.3) is 0 Å². The van der Waals surface area contributed by atoms with Gasteiger partial charge in [-0.3, -0.25) is 0 Å². The van der Waals surface area contributed by atoms with Gasteiger partial charge in [0.2, 0.25) is 0 Å². The van der Waals surface area contributed by atoms with Crippen molar-refractivity contribution in [2.45, 2.75) is 13.0 Å². The number of nitrogens with one attached hydrogen (secondary N) is 1. The van der Waals surface area contributed by atoms with Crippen LogP contribution in [0.3, 0.4) is 0 Å². The van der Waals surface area contributed by atoms with Crippen LogP contribution in [0.4, 0.5) is 8.78 Å². The molecule has 0 saturated carbocycles. The van der Waals surface area contributed by atoms with Crippen LogP contribution in [0.25, 0.3) is 0 Å². The maximum atomic E-state index is 14.0. The lowest BCUT2D eigenvalue weighted by atomic mass is 9.96. The van der Waals surface area contributed by atoms with Crippen molar-refractivity contribution in [3.63, 3.8) is 0 Å². The molecule has 0 amide bonds. The van der Waals surface area contributed by atoms with Crippen molar-refractivity contribution in [1.82, 2.24) is 5.32 Å². The predicted molar refractivity (Wildman–Crippen MR) is 75.0 cm³/mol. The number of methoxy groups -OCH3 is 1. The number of hydrogen-bond acceptors (Lipinski definition) is 2. The number of benzene rings is 2. The fraction of sp³-hybridized carbons (Fsp3) is 0.250. The maximum absolute atomic E-state index is 14.0. The van der Waals surface area contributed by atoms with Crippen molar-refractivity contribution < 1.29 is 13.5 Å². The van der Waals surface area contributed by atoms with Crippen LogP contribution in [0.1, 0.15) is 22.7 Å². The molecule has 20 heavy (non-hydrogen) atoms. The lowest BCUT2D eigenvalue weighted by molar-refractivity contribution is 0.404. The molecule has 2 rings (SSSR count). The molecule has 2 aromatic carbocycles. The largest absolute Gasteiger partial charge is 0.496 e. The standard InChI is InChI=1S/C16H17F2NO/c1-10-4-7-15(20-3)13(8-10)16(19-2)12-9-11(17)5-6-14(12)18/h4-9,16,19H,1-3H3. The third-order valence-corrected chi connectivity index (χ3v) is 3.25. The number of halogens is 2. The van der Waals surface area contributed by atoms with Gasteiger partial charge in [0.15, 0.2) is 0 Å². The van der Waals surface area contributed by atoms with Gasteiger partial charge in [-0.15, -0.1) is 0 Å². The van der Waals surface area contributed by atoms with Crippen molar-refractivity contribution in [2.75, 3.05) is 14.2 Å². The van der Waals surface area contributed by atoms with Gasteiger partial charge in [0.05, 0.1) is 13.2 Å². The van der Waals surface area contributed by atoms with Crippen molar-refractivity contribution in [1.29, 1.82) is 0 Å². The Morgan fingerprint density at radius 3 is 2.45 bits per heavy atom. The molecule has 1 unspecified atom stereocenters. The smallest absolute Gasteiger partial charge is 0.128 e. The van der Waals surface area contributed by atoms with Gasteiger partial charge >= 0.3 is 0 Å². The molecular formula is C16H17F2NO. The first-order valence-electron chi connectivity index (χ1n) is 6.33. The molecule has 0 aliphatic rings. The molecule has 0 spiro atoms. The lowest BCUT2D eigenvalue weighted by Crippen LogP contribution is -2.20. The molecular weight excluding hydrogens is 260 g/mol. The summed E-state index contributed by atoms with van der Waals surface area (Å²) in [7, 11) is 3.26. The molecule has 0 radical (unpaired) electrons.